The number of nitrogens with one attached hydrogen (secondary N) is 1. The van der Waals surface area contributed by atoms with Gasteiger partial charge in [0.1, 0.15) is 0 Å². The number of anilines is 1. The maximum absolute atomic E-state index is 12.7. The molecule has 0 spiro atoms. The van der Waals surface area contributed by atoms with Crippen LogP contribution in [-0.2, 0) is 27.3 Å². The van der Waals surface area contributed by atoms with Crippen LogP contribution in [-0.4, -0.2) is 47.9 Å². The van der Waals surface area contributed by atoms with Gasteiger partial charge in [-0.3, -0.25) is 9.59 Å². The lowest BCUT2D eigenvalue weighted by atomic mass is 9.90. The van der Waals surface area contributed by atoms with Crippen LogP contribution in [0.2, 0.25) is 0 Å². The smallest absolute Gasteiger partial charge is 0.228 e. The molecule has 3 aromatic carbocycles. The molecule has 7 heteroatoms. The van der Waals surface area contributed by atoms with Gasteiger partial charge in [-0.2, -0.15) is 0 Å². The third-order valence-corrected chi connectivity index (χ3v) is 7.23. The van der Waals surface area contributed by atoms with E-state index >= 15 is 0 Å². The summed E-state index contributed by atoms with van der Waals surface area (Å²) >= 11 is 0. The van der Waals surface area contributed by atoms with Crippen LogP contribution < -0.4 is 5.32 Å². The van der Waals surface area contributed by atoms with Crippen molar-refractivity contribution in [2.75, 3.05) is 25.5 Å². The molecule has 4 rings (SSSR count). The number of amides is 1. The lowest BCUT2D eigenvalue weighted by Crippen LogP contribution is -2.43. The summed E-state index contributed by atoms with van der Waals surface area (Å²) in [5.41, 5.74) is 4.77. The van der Waals surface area contributed by atoms with Gasteiger partial charge in [-0.25, -0.2) is 0 Å². The Morgan fingerprint density at radius 1 is 1.00 bits per heavy atom. The van der Waals surface area contributed by atoms with Gasteiger partial charge < -0.3 is 24.8 Å². The van der Waals surface area contributed by atoms with Gasteiger partial charge in [0, 0.05) is 35.8 Å². The number of ketones is 1. The number of aliphatic hydroxyl groups excluding tert-OH is 1. The molecule has 4 atom stereocenters. The molecule has 210 valence electrons. The number of nitrogens with zero attached hydrogens (tertiary/aromatic N) is 1. The van der Waals surface area contributed by atoms with Crippen molar-refractivity contribution < 1.29 is 24.2 Å². The fraction of sp³-hybridized carbons (Fsp3) is 0.333. The van der Waals surface area contributed by atoms with Crippen LogP contribution in [0, 0.1) is 5.92 Å². The molecule has 0 aliphatic carbocycles. The number of carbonyl (C=O) groups excluding carboxylic acids is 2. The van der Waals surface area contributed by atoms with Gasteiger partial charge in [0.05, 0.1) is 25.2 Å². The summed E-state index contributed by atoms with van der Waals surface area (Å²) in [5.74, 6) is -0.121. The van der Waals surface area contributed by atoms with Crippen LogP contribution >= 0.6 is 0 Å². The summed E-state index contributed by atoms with van der Waals surface area (Å²) in [6.45, 7) is 8.96. The third-order valence-electron chi connectivity index (χ3n) is 7.23. The number of Topliss-reactive ketones (excluding diaryl/α,β-unsaturated/α-hetero) is 1. The lowest BCUT2D eigenvalue weighted by molar-refractivity contribution is -0.275. The van der Waals surface area contributed by atoms with E-state index in [-0.39, 0.29) is 42.8 Å². The monoisotopic (exact) mass is 542 g/mol. The molecule has 1 aliphatic heterocycles. The second kappa shape index (κ2) is 13.6. The van der Waals surface area contributed by atoms with E-state index in [2.05, 4.69) is 23.7 Å². The molecule has 0 bridgehead atoms. The number of likely N-dealkylation sites (N-methyl/N-ethyl adjacent to an activating group) is 1. The minimum atomic E-state index is -0.571. The summed E-state index contributed by atoms with van der Waals surface area (Å²) in [6.07, 6.45) is 1.23. The SMILES string of the molecule is C=CCN(C)CC1OC(c2ccc(CC(=O)Nc3cccc(C(C)=O)c3)cc2)OC(c2ccc(CO)cc2)C1C. The molecule has 4 unspecified atom stereocenters. The first-order valence-corrected chi connectivity index (χ1v) is 13.6. The van der Waals surface area contributed by atoms with Gasteiger partial charge in [-0.15, -0.1) is 6.58 Å². The number of hydrogen-bond acceptors (Lipinski definition) is 6. The van der Waals surface area contributed by atoms with Gasteiger partial charge in [-0.1, -0.05) is 73.7 Å². The average molecular weight is 543 g/mol. The molecule has 1 saturated heterocycles. The molecular formula is C33H38N2O5. The summed E-state index contributed by atoms with van der Waals surface area (Å²) in [6, 6.07) is 22.5. The maximum Gasteiger partial charge on any atom is 0.228 e. The van der Waals surface area contributed by atoms with E-state index in [1.807, 2.05) is 61.7 Å². The highest BCUT2D eigenvalue weighted by molar-refractivity contribution is 5.97. The quantitative estimate of drug-likeness (QED) is 0.247. The predicted octanol–water partition coefficient (Wildman–Crippen LogP) is 5.47. The molecule has 40 heavy (non-hydrogen) atoms. The zero-order valence-corrected chi connectivity index (χ0v) is 23.4. The predicted molar refractivity (Wildman–Crippen MR) is 156 cm³/mol. The molecule has 0 saturated carbocycles. The fourth-order valence-electron chi connectivity index (χ4n) is 4.93. The molecule has 2 N–H and O–H groups in total. The van der Waals surface area contributed by atoms with E-state index in [9.17, 15) is 14.7 Å². The van der Waals surface area contributed by atoms with Crippen LogP contribution in [0.15, 0.2) is 85.5 Å². The Hall–Kier alpha value is -3.62. The molecule has 3 aromatic rings. The maximum atomic E-state index is 12.7. The lowest BCUT2D eigenvalue weighted by Gasteiger charge is -2.42. The topological polar surface area (TPSA) is 88.1 Å². The van der Waals surface area contributed by atoms with E-state index < -0.39 is 6.29 Å². The average Bonchev–Trinajstić information content (AvgIpc) is 2.95. The third kappa shape index (κ3) is 7.52. The highest BCUT2D eigenvalue weighted by Gasteiger charge is 2.38. The van der Waals surface area contributed by atoms with E-state index in [1.165, 1.54) is 6.92 Å². The van der Waals surface area contributed by atoms with Crippen LogP contribution in [0.5, 0.6) is 0 Å². The Morgan fingerprint density at radius 2 is 1.68 bits per heavy atom. The molecule has 0 radical (unpaired) electrons. The first-order chi connectivity index (χ1) is 19.3. The van der Waals surface area contributed by atoms with Crippen molar-refractivity contribution in [2.24, 2.45) is 5.92 Å². The number of ether oxygens (including phenoxy) is 2. The largest absolute Gasteiger partial charge is 0.392 e. The summed E-state index contributed by atoms with van der Waals surface area (Å²) in [7, 11) is 2.05. The van der Waals surface area contributed by atoms with Gasteiger partial charge in [0.25, 0.3) is 0 Å². The Balaban J connectivity index is 1.48. The highest BCUT2D eigenvalue weighted by atomic mass is 16.7. The molecular weight excluding hydrogens is 504 g/mol. The minimum absolute atomic E-state index is 0.00274. The van der Waals surface area contributed by atoms with E-state index in [0.717, 1.165) is 35.3 Å². The van der Waals surface area contributed by atoms with Crippen molar-refractivity contribution in [1.82, 2.24) is 4.90 Å². The van der Waals surface area contributed by atoms with E-state index in [1.54, 1.807) is 24.3 Å². The molecule has 1 amide bonds. The van der Waals surface area contributed by atoms with E-state index in [0.29, 0.717) is 11.3 Å². The zero-order chi connectivity index (χ0) is 28.6. The van der Waals surface area contributed by atoms with Crippen molar-refractivity contribution in [3.05, 3.63) is 113 Å². The summed E-state index contributed by atoms with van der Waals surface area (Å²) in [4.78, 5) is 26.5. The minimum Gasteiger partial charge on any atom is -0.392 e. The van der Waals surface area contributed by atoms with Crippen molar-refractivity contribution in [3.63, 3.8) is 0 Å². The molecule has 0 aromatic heterocycles. The first kappa shape index (κ1) is 29.4. The van der Waals surface area contributed by atoms with Crippen molar-refractivity contribution in [3.8, 4) is 0 Å². The Kier molecular flexibility index (Phi) is 10.0. The highest BCUT2D eigenvalue weighted by Crippen LogP contribution is 2.41. The number of hydrogen-bond donors (Lipinski definition) is 2. The van der Waals surface area contributed by atoms with Crippen LogP contribution in [0.4, 0.5) is 5.69 Å². The Labute approximate surface area is 236 Å². The Morgan fingerprint density at radius 3 is 2.33 bits per heavy atom. The van der Waals surface area contributed by atoms with Crippen molar-refractivity contribution in [2.45, 2.75) is 45.4 Å². The van der Waals surface area contributed by atoms with Gasteiger partial charge in [-0.05, 0) is 42.8 Å². The first-order valence-electron chi connectivity index (χ1n) is 13.6. The van der Waals surface area contributed by atoms with Crippen molar-refractivity contribution in [1.29, 1.82) is 0 Å². The number of benzene rings is 3. The normalized spacial score (nSPS) is 20.7. The van der Waals surface area contributed by atoms with Crippen LogP contribution in [0.3, 0.4) is 0 Å². The number of rotatable bonds is 11. The summed E-state index contributed by atoms with van der Waals surface area (Å²) in [5, 5.41) is 12.3. The van der Waals surface area contributed by atoms with Gasteiger partial charge in [0.2, 0.25) is 5.91 Å². The second-order valence-corrected chi connectivity index (χ2v) is 10.4. The fourth-order valence-corrected chi connectivity index (χ4v) is 4.93. The molecule has 1 aliphatic rings. The standard InChI is InChI=1S/C33H38N2O5/c1-5-17-35(4)20-30-22(2)32(26-13-11-25(21-36)12-14-26)40-33(39-30)27-15-9-24(10-16-27)18-31(38)34-29-8-6-7-28(19-29)23(3)37/h5-16,19,22,30,32-33,36H,1,17-18,20-21H2,2-4H3,(H,34,38). The van der Waals surface area contributed by atoms with Gasteiger partial charge >= 0.3 is 0 Å². The molecule has 1 fully saturated rings. The van der Waals surface area contributed by atoms with Crippen LogP contribution in [0.1, 0.15) is 58.9 Å². The van der Waals surface area contributed by atoms with Crippen molar-refractivity contribution >= 4 is 17.4 Å². The summed E-state index contributed by atoms with van der Waals surface area (Å²) < 4.78 is 13.0. The number of carbonyl (C=O) groups is 2. The number of aliphatic hydroxyl groups is 1. The Bertz CT molecular complexity index is 1310. The zero-order valence-electron chi connectivity index (χ0n) is 23.4. The van der Waals surface area contributed by atoms with Crippen LogP contribution in [0.25, 0.3) is 0 Å². The second-order valence-electron chi connectivity index (χ2n) is 10.4. The molecule has 7 nitrogen and oxygen atoms in total. The van der Waals surface area contributed by atoms with E-state index in [4.69, 9.17) is 9.47 Å². The van der Waals surface area contributed by atoms with Gasteiger partial charge in [0.15, 0.2) is 12.1 Å². The molecule has 1 heterocycles.